The molecule has 1 aliphatic rings. The molecule has 0 spiro atoms. The number of nitrogens with one attached hydrogen (secondary N) is 3. The highest BCUT2D eigenvalue weighted by Crippen LogP contribution is 2.41. The fourth-order valence-electron chi connectivity index (χ4n) is 3.14. The average Bonchev–Trinajstić information content (AvgIpc) is 3.24. The van der Waals surface area contributed by atoms with Gasteiger partial charge in [-0.15, -0.1) is 11.6 Å². The van der Waals surface area contributed by atoms with E-state index in [4.69, 9.17) is 34.0 Å². The number of nitrogens with two attached hydrogens (primary N) is 1. The minimum Gasteiger partial charge on any atom is -0.459 e. The molecule has 2 unspecified atom stereocenters. The Kier molecular flexibility index (Phi) is 6.77. The number of hydrogen-bond acceptors (Lipinski definition) is 7. The van der Waals surface area contributed by atoms with Gasteiger partial charge in [-0.05, 0) is 35.9 Å². The summed E-state index contributed by atoms with van der Waals surface area (Å²) in [7, 11) is -3.98. The Balaban J connectivity index is 2.07. The van der Waals surface area contributed by atoms with E-state index in [1.165, 1.54) is 24.5 Å². The van der Waals surface area contributed by atoms with Gasteiger partial charge in [0.25, 0.3) is 5.91 Å². The van der Waals surface area contributed by atoms with Gasteiger partial charge >= 0.3 is 6.03 Å². The predicted molar refractivity (Wildman–Crippen MR) is 127 cm³/mol. The molecule has 33 heavy (non-hydrogen) atoms. The van der Waals surface area contributed by atoms with E-state index in [1.54, 1.807) is 30.3 Å². The van der Waals surface area contributed by atoms with E-state index in [-0.39, 0.29) is 5.76 Å². The summed E-state index contributed by atoms with van der Waals surface area (Å²) < 4.78 is 30.9. The Morgan fingerprint density at radius 3 is 2.52 bits per heavy atom. The van der Waals surface area contributed by atoms with Gasteiger partial charge in [0.05, 0.1) is 12.5 Å². The fraction of sp³-hybridized carbons (Fsp3) is 0.150. The Morgan fingerprint density at radius 2 is 1.91 bits per heavy atom. The van der Waals surface area contributed by atoms with Crippen LogP contribution in [0.1, 0.15) is 16.1 Å². The molecule has 1 heterocycles. The first-order valence-corrected chi connectivity index (χ1v) is 11.9. The van der Waals surface area contributed by atoms with E-state index < -0.39 is 37.5 Å². The summed E-state index contributed by atoms with van der Waals surface area (Å²) in [6.45, 7) is 0. The van der Waals surface area contributed by atoms with Gasteiger partial charge in [0, 0.05) is 11.3 Å². The summed E-state index contributed by atoms with van der Waals surface area (Å²) in [5.41, 5.74) is 3.87. The number of para-hydroxylation sites is 1. The number of urea groups is 1. The number of sulfonamides is 1. The number of hydrogen-bond donors (Lipinski definition) is 5. The number of alkyl halides is 1. The molecule has 0 fully saturated rings. The topological polar surface area (TPSA) is 164 Å². The molecule has 174 valence electrons. The number of primary amides is 1. The summed E-state index contributed by atoms with van der Waals surface area (Å²) in [4.78, 5) is 21.2. The van der Waals surface area contributed by atoms with Crippen LogP contribution in [0, 0.1) is 0 Å². The smallest absolute Gasteiger partial charge is 0.317 e. The molecule has 13 heteroatoms. The summed E-state index contributed by atoms with van der Waals surface area (Å²) >= 11 is 11.8. The van der Waals surface area contributed by atoms with Gasteiger partial charge in [0.15, 0.2) is 16.4 Å². The standard InChI is InChI=1S/C20H19ClN4O6S2/c1-33(29,30)25-20(28)9-8-12(11-19(20,21)17(32)24-18(22)27)13-5-2-3-6-14(13)23-16(26)15-7-4-10-31-15/h2-11,25,28H,1H3,(H,23,26)(H3,22,24,27,32). The molecule has 0 bridgehead atoms. The van der Waals surface area contributed by atoms with Gasteiger partial charge in [0.2, 0.25) is 10.0 Å². The van der Waals surface area contributed by atoms with Crippen molar-refractivity contribution >= 4 is 62.0 Å². The second kappa shape index (κ2) is 9.08. The molecule has 0 saturated heterocycles. The first kappa shape index (κ1) is 24.6. The van der Waals surface area contributed by atoms with Crippen LogP contribution in [0.3, 0.4) is 0 Å². The number of anilines is 1. The number of carbonyl (C=O) groups is 2. The summed E-state index contributed by atoms with van der Waals surface area (Å²) in [5.74, 6) is -0.422. The van der Waals surface area contributed by atoms with Crippen molar-refractivity contribution in [3.05, 3.63) is 72.2 Å². The molecule has 10 nitrogen and oxygen atoms in total. The normalized spacial score (nSPS) is 22.3. The van der Waals surface area contributed by atoms with E-state index in [0.29, 0.717) is 16.8 Å². The number of aliphatic hydroxyl groups is 1. The second-order valence-corrected chi connectivity index (χ2v) is 9.83. The van der Waals surface area contributed by atoms with Crippen LogP contribution in [0.25, 0.3) is 5.57 Å². The number of carbonyl (C=O) groups excluding carboxylic acids is 2. The van der Waals surface area contributed by atoms with Crippen molar-refractivity contribution < 1.29 is 27.5 Å². The highest BCUT2D eigenvalue weighted by molar-refractivity contribution is 7.88. The van der Waals surface area contributed by atoms with Crippen molar-refractivity contribution in [2.45, 2.75) is 10.6 Å². The Bertz CT molecular complexity index is 1280. The SMILES string of the molecule is CS(=O)(=O)NC1(O)C=CC(c2ccccc2NC(=O)c2ccco2)=CC1(Cl)C(=S)NC(N)=O. The molecule has 0 saturated carbocycles. The maximum Gasteiger partial charge on any atom is 0.317 e. The van der Waals surface area contributed by atoms with E-state index in [1.807, 2.05) is 4.72 Å². The van der Waals surface area contributed by atoms with E-state index >= 15 is 0 Å². The van der Waals surface area contributed by atoms with Crippen molar-refractivity contribution in [1.82, 2.24) is 10.0 Å². The first-order chi connectivity index (χ1) is 15.3. The molecule has 3 rings (SSSR count). The lowest BCUT2D eigenvalue weighted by Crippen LogP contribution is -2.66. The third-order valence-corrected chi connectivity index (χ3v) is 6.36. The van der Waals surface area contributed by atoms with Crippen LogP contribution in [0.4, 0.5) is 10.5 Å². The van der Waals surface area contributed by atoms with Gasteiger partial charge in [-0.3, -0.25) is 4.79 Å². The van der Waals surface area contributed by atoms with Gasteiger partial charge in [0.1, 0.15) is 4.99 Å². The second-order valence-electron chi connectivity index (χ2n) is 7.08. The highest BCUT2D eigenvalue weighted by Gasteiger charge is 2.53. The van der Waals surface area contributed by atoms with Crippen LogP contribution >= 0.6 is 23.8 Å². The molecule has 0 radical (unpaired) electrons. The van der Waals surface area contributed by atoms with Crippen LogP contribution < -0.4 is 21.1 Å². The third-order valence-electron chi connectivity index (χ3n) is 4.55. The van der Waals surface area contributed by atoms with Gasteiger partial charge in [-0.1, -0.05) is 36.5 Å². The van der Waals surface area contributed by atoms with Crippen LogP contribution in [-0.4, -0.2) is 47.3 Å². The molecule has 2 aromatic rings. The molecule has 1 aromatic heterocycles. The highest BCUT2D eigenvalue weighted by atomic mass is 35.5. The third kappa shape index (κ3) is 5.31. The quantitative estimate of drug-likeness (QED) is 0.224. The molecule has 0 aliphatic heterocycles. The minimum atomic E-state index is -3.98. The van der Waals surface area contributed by atoms with Crippen molar-refractivity contribution in [3.63, 3.8) is 0 Å². The minimum absolute atomic E-state index is 0.0863. The summed E-state index contributed by atoms with van der Waals surface area (Å²) in [6.07, 6.45) is 5.90. The molecule has 6 N–H and O–H groups in total. The van der Waals surface area contributed by atoms with E-state index in [0.717, 1.165) is 12.3 Å². The zero-order valence-corrected chi connectivity index (χ0v) is 19.4. The first-order valence-electron chi connectivity index (χ1n) is 9.22. The van der Waals surface area contributed by atoms with Gasteiger partial charge in [-0.25, -0.2) is 13.2 Å². The predicted octanol–water partition coefficient (Wildman–Crippen LogP) is 1.70. The average molecular weight is 511 g/mol. The fourth-order valence-corrected chi connectivity index (χ4v) is 4.58. The molecular weight excluding hydrogens is 492 g/mol. The van der Waals surface area contributed by atoms with Crippen molar-refractivity contribution in [1.29, 1.82) is 0 Å². The molecule has 2 atom stereocenters. The van der Waals surface area contributed by atoms with Crippen molar-refractivity contribution in [3.8, 4) is 0 Å². The zero-order chi connectivity index (χ0) is 24.4. The van der Waals surface area contributed by atoms with Crippen LogP contribution in [0.15, 0.2) is 65.3 Å². The van der Waals surface area contributed by atoms with E-state index in [2.05, 4.69) is 10.6 Å². The zero-order valence-electron chi connectivity index (χ0n) is 17.0. The van der Waals surface area contributed by atoms with Crippen LogP contribution in [-0.2, 0) is 10.0 Å². The number of benzene rings is 1. The van der Waals surface area contributed by atoms with Crippen molar-refractivity contribution in [2.24, 2.45) is 5.73 Å². The lowest BCUT2D eigenvalue weighted by molar-refractivity contribution is 0.0695. The monoisotopic (exact) mass is 510 g/mol. The number of thiocarbonyl (C=S) groups is 1. The van der Waals surface area contributed by atoms with Crippen LogP contribution in [0.2, 0.25) is 0 Å². The maximum absolute atomic E-state index is 12.5. The van der Waals surface area contributed by atoms with Gasteiger partial charge in [-0.2, -0.15) is 4.72 Å². The maximum atomic E-state index is 12.5. The largest absolute Gasteiger partial charge is 0.459 e. The number of amides is 3. The molecule has 1 aliphatic carbocycles. The molecule has 3 amide bonds. The molecule has 1 aromatic carbocycles. The lowest BCUT2D eigenvalue weighted by Gasteiger charge is -2.41. The van der Waals surface area contributed by atoms with Gasteiger partial charge < -0.3 is 25.9 Å². The van der Waals surface area contributed by atoms with Crippen molar-refractivity contribution in [2.75, 3.05) is 11.6 Å². The Labute approximate surface area is 199 Å². The Morgan fingerprint density at radius 1 is 1.21 bits per heavy atom. The Hall–Kier alpha value is -3.03. The van der Waals surface area contributed by atoms with Crippen LogP contribution in [0.5, 0.6) is 0 Å². The number of halogens is 1. The van der Waals surface area contributed by atoms with E-state index in [9.17, 15) is 23.1 Å². The number of furan rings is 1. The number of allylic oxidation sites excluding steroid dienone is 2. The lowest BCUT2D eigenvalue weighted by atomic mass is 9.84. The summed E-state index contributed by atoms with van der Waals surface area (Å²) in [5, 5.41) is 15.9. The summed E-state index contributed by atoms with van der Waals surface area (Å²) in [6, 6.07) is 8.66. The molecular formula is C20H19ClN4O6S2. The number of rotatable bonds is 6.